The third-order valence-electron chi connectivity index (χ3n) is 3.49. The maximum Gasteiger partial charge on any atom is 0.397 e. The van der Waals surface area contributed by atoms with E-state index in [-0.39, 0.29) is 6.04 Å². The Morgan fingerprint density at radius 1 is 1.41 bits per heavy atom. The van der Waals surface area contributed by atoms with Crippen LogP contribution in [0.5, 0.6) is 0 Å². The lowest BCUT2D eigenvalue weighted by Crippen LogP contribution is -2.45. The summed E-state index contributed by atoms with van der Waals surface area (Å²) in [6, 6.07) is -0.164. The highest BCUT2D eigenvalue weighted by molar-refractivity contribution is 7.96. The Balaban J connectivity index is 1.84. The van der Waals surface area contributed by atoms with Crippen molar-refractivity contribution in [3.05, 3.63) is 0 Å². The van der Waals surface area contributed by atoms with Crippen LogP contribution in [0, 0.1) is 11.8 Å². The van der Waals surface area contributed by atoms with Gasteiger partial charge in [-0.25, -0.2) is 5.26 Å². The van der Waals surface area contributed by atoms with Crippen LogP contribution in [0.25, 0.3) is 0 Å². The first kappa shape index (κ1) is 13.0. The number of amides is 1. The van der Waals surface area contributed by atoms with Gasteiger partial charge in [0, 0.05) is 6.04 Å². The van der Waals surface area contributed by atoms with Gasteiger partial charge in [-0.05, 0) is 31.1 Å². The smallest absolute Gasteiger partial charge is 0.347 e. The summed E-state index contributed by atoms with van der Waals surface area (Å²) in [5.41, 5.74) is 0. The summed E-state index contributed by atoms with van der Waals surface area (Å²) in [4.78, 5) is 11.3. The summed E-state index contributed by atoms with van der Waals surface area (Å²) in [7, 11) is 0. The number of hydrogen-bond donors (Lipinski definition) is 2. The molecule has 5 nitrogen and oxygen atoms in total. The van der Waals surface area contributed by atoms with E-state index in [1.54, 1.807) is 0 Å². The third-order valence-corrected chi connectivity index (χ3v) is 4.01. The van der Waals surface area contributed by atoms with Gasteiger partial charge in [0.25, 0.3) is 0 Å². The molecule has 98 valence electrons. The Hall–Kier alpha value is -0.440. The fraction of sp³-hybridized carbons (Fsp3) is 0.889. The summed E-state index contributed by atoms with van der Waals surface area (Å²) in [5, 5.41) is 9.38. The molecule has 0 heterocycles. The second-order valence-electron chi connectivity index (χ2n) is 4.50. The number of nitrogens with one attached hydrogen (secondary N) is 1. The van der Waals surface area contributed by atoms with E-state index in [1.165, 1.54) is 0 Å². The zero-order valence-electron chi connectivity index (χ0n) is 8.90. The monoisotopic (exact) mass is 269 g/mol. The summed E-state index contributed by atoms with van der Waals surface area (Å²) in [6.45, 7) is 0. The maximum absolute atomic E-state index is 13.1. The maximum atomic E-state index is 13.1. The van der Waals surface area contributed by atoms with Crippen LogP contribution in [0.3, 0.4) is 0 Å². The average Bonchev–Trinajstić information content (AvgIpc) is 2.88. The van der Waals surface area contributed by atoms with Gasteiger partial charge < -0.3 is 5.32 Å². The number of alkyl halides is 2. The van der Waals surface area contributed by atoms with Gasteiger partial charge in [-0.1, -0.05) is 11.5 Å². The largest absolute Gasteiger partial charge is 0.397 e. The molecular formula is C9H13F2NO4S. The Morgan fingerprint density at radius 3 is 2.71 bits per heavy atom. The molecule has 2 aliphatic carbocycles. The molecule has 0 saturated heterocycles. The van der Waals surface area contributed by atoms with Gasteiger partial charge in [-0.15, -0.1) is 4.33 Å². The normalized spacial score (nSPS) is 31.8. The molecule has 2 rings (SSSR count). The predicted octanol–water partition coefficient (Wildman–Crippen LogP) is 1.95. The molecule has 2 saturated carbocycles. The van der Waals surface area contributed by atoms with Crippen molar-refractivity contribution in [3.8, 4) is 0 Å². The Labute approximate surface area is 101 Å². The molecule has 1 amide bonds. The number of rotatable bonds is 5. The summed E-state index contributed by atoms with van der Waals surface area (Å²) >= 11 is -0.527. The van der Waals surface area contributed by atoms with E-state index in [2.05, 4.69) is 14.7 Å². The van der Waals surface area contributed by atoms with Crippen molar-refractivity contribution in [1.82, 2.24) is 5.32 Å². The quantitative estimate of drug-likeness (QED) is 0.453. The molecule has 0 spiro atoms. The van der Waals surface area contributed by atoms with Crippen LogP contribution >= 0.6 is 12.0 Å². The van der Waals surface area contributed by atoms with Gasteiger partial charge in [0.1, 0.15) is 12.0 Å². The molecule has 3 unspecified atom stereocenters. The van der Waals surface area contributed by atoms with E-state index in [9.17, 15) is 13.6 Å². The number of carbonyl (C=O) groups is 1. The minimum absolute atomic E-state index is 0.164. The highest BCUT2D eigenvalue weighted by Gasteiger charge is 2.46. The average molecular weight is 269 g/mol. The number of carbonyl (C=O) groups excluding carboxylic acids is 1. The molecular weight excluding hydrogens is 256 g/mol. The Bertz CT molecular complexity index is 305. The standard InChI is InChI=1S/C9H13F2NO4S/c10-9(11,17-16-15-14)8(13)12-7-4-5-1-2-6(7)3-5/h5-7,14H,1-4H2,(H,12,13). The van der Waals surface area contributed by atoms with E-state index >= 15 is 0 Å². The lowest BCUT2D eigenvalue weighted by Gasteiger charge is -2.24. The van der Waals surface area contributed by atoms with Crippen molar-refractivity contribution >= 4 is 17.9 Å². The number of fused-ring (bicyclic) bond motifs is 2. The predicted molar refractivity (Wildman–Crippen MR) is 54.7 cm³/mol. The molecule has 0 radical (unpaired) electrons. The van der Waals surface area contributed by atoms with Crippen LogP contribution in [0.2, 0.25) is 0 Å². The van der Waals surface area contributed by atoms with Crippen LogP contribution in [0.15, 0.2) is 0 Å². The molecule has 2 bridgehead atoms. The van der Waals surface area contributed by atoms with E-state index < -0.39 is 23.2 Å². The van der Waals surface area contributed by atoms with Crippen LogP contribution in [0.4, 0.5) is 8.78 Å². The minimum atomic E-state index is -3.77. The van der Waals surface area contributed by atoms with Gasteiger partial charge >= 0.3 is 11.2 Å². The molecule has 2 aliphatic rings. The lowest BCUT2D eigenvalue weighted by atomic mass is 9.95. The van der Waals surface area contributed by atoms with Crippen molar-refractivity contribution in [1.29, 1.82) is 0 Å². The fourth-order valence-corrected chi connectivity index (χ4v) is 3.02. The zero-order chi connectivity index (χ0) is 12.5. The minimum Gasteiger partial charge on any atom is -0.347 e. The lowest BCUT2D eigenvalue weighted by molar-refractivity contribution is -0.433. The molecule has 0 aromatic rings. The Kier molecular flexibility index (Phi) is 3.86. The van der Waals surface area contributed by atoms with Crippen molar-refractivity contribution in [2.75, 3.05) is 0 Å². The van der Waals surface area contributed by atoms with Crippen molar-refractivity contribution < 1.29 is 28.2 Å². The molecule has 0 aromatic carbocycles. The van der Waals surface area contributed by atoms with E-state index in [0.717, 1.165) is 25.7 Å². The van der Waals surface area contributed by atoms with Gasteiger partial charge in [-0.2, -0.15) is 8.78 Å². The first-order valence-corrected chi connectivity index (χ1v) is 6.12. The topological polar surface area (TPSA) is 67.8 Å². The SMILES string of the molecule is O=C(NC1CC2CCC1C2)C(F)(F)SOOO. The highest BCUT2D eigenvalue weighted by Crippen LogP contribution is 2.44. The van der Waals surface area contributed by atoms with E-state index in [0.29, 0.717) is 11.8 Å². The first-order chi connectivity index (χ1) is 8.03. The number of hydrogen-bond acceptors (Lipinski definition) is 5. The van der Waals surface area contributed by atoms with Crippen molar-refractivity contribution in [2.24, 2.45) is 11.8 Å². The van der Waals surface area contributed by atoms with Crippen LogP contribution < -0.4 is 5.32 Å². The highest BCUT2D eigenvalue weighted by atomic mass is 32.2. The second-order valence-corrected chi connectivity index (χ2v) is 5.31. The molecule has 3 atom stereocenters. The van der Waals surface area contributed by atoms with Crippen LogP contribution in [-0.2, 0) is 14.2 Å². The first-order valence-electron chi connectivity index (χ1n) is 5.37. The van der Waals surface area contributed by atoms with E-state index in [4.69, 9.17) is 5.26 Å². The molecule has 0 aliphatic heterocycles. The summed E-state index contributed by atoms with van der Waals surface area (Å²) < 4.78 is 29.9. The van der Waals surface area contributed by atoms with Gasteiger partial charge in [0.2, 0.25) is 0 Å². The molecule has 0 aromatic heterocycles. The second kappa shape index (κ2) is 5.05. The van der Waals surface area contributed by atoms with Crippen molar-refractivity contribution in [3.63, 3.8) is 0 Å². The van der Waals surface area contributed by atoms with Crippen molar-refractivity contribution in [2.45, 2.75) is 37.0 Å². The Morgan fingerprint density at radius 2 is 2.18 bits per heavy atom. The fourth-order valence-electron chi connectivity index (χ4n) is 2.77. The van der Waals surface area contributed by atoms with E-state index in [1.807, 2.05) is 0 Å². The van der Waals surface area contributed by atoms with Gasteiger partial charge in [-0.3, -0.25) is 4.79 Å². The van der Waals surface area contributed by atoms with Gasteiger partial charge in [0.15, 0.2) is 0 Å². The summed E-state index contributed by atoms with van der Waals surface area (Å²) in [5.74, 6) is -0.527. The summed E-state index contributed by atoms with van der Waals surface area (Å²) in [6.07, 6.45) is 3.91. The molecule has 2 fully saturated rings. The number of halogens is 2. The van der Waals surface area contributed by atoms with Crippen LogP contribution in [-0.4, -0.2) is 22.5 Å². The molecule has 2 N–H and O–H groups in total. The zero-order valence-corrected chi connectivity index (χ0v) is 9.71. The third kappa shape index (κ3) is 2.87. The molecule has 8 heteroatoms. The molecule has 17 heavy (non-hydrogen) atoms. The van der Waals surface area contributed by atoms with Gasteiger partial charge in [0.05, 0.1) is 0 Å². The van der Waals surface area contributed by atoms with Crippen LogP contribution in [0.1, 0.15) is 25.7 Å².